The lowest BCUT2D eigenvalue weighted by Gasteiger charge is -2.25. The molecule has 3 rings (SSSR count). The van der Waals surface area contributed by atoms with Gasteiger partial charge in [0, 0.05) is 25.7 Å². The van der Waals surface area contributed by atoms with Crippen LogP contribution in [0.2, 0.25) is 5.02 Å². The Morgan fingerprint density at radius 2 is 2.25 bits per heavy atom. The van der Waals surface area contributed by atoms with Crippen LogP contribution in [0.1, 0.15) is 25.0 Å². The first-order valence-electron chi connectivity index (χ1n) is 7.32. The molecule has 20 heavy (non-hydrogen) atoms. The summed E-state index contributed by atoms with van der Waals surface area (Å²) in [5, 5.41) is 16.0. The van der Waals surface area contributed by atoms with Crippen molar-refractivity contribution in [1.29, 1.82) is 0 Å². The number of aliphatic hydroxyl groups is 1. The predicted octanol–water partition coefficient (Wildman–Crippen LogP) is 1.15. The minimum Gasteiger partial charge on any atom is -0.382 e. The van der Waals surface area contributed by atoms with Gasteiger partial charge in [0.05, 0.1) is 23.5 Å². The number of likely N-dealkylation sites (tertiary alicyclic amines) is 1. The van der Waals surface area contributed by atoms with Crippen LogP contribution in [0.25, 0.3) is 0 Å². The van der Waals surface area contributed by atoms with Gasteiger partial charge in [-0.3, -0.25) is 9.58 Å². The zero-order valence-electron chi connectivity index (χ0n) is 12.2. The van der Waals surface area contributed by atoms with Gasteiger partial charge in [0.2, 0.25) is 0 Å². The SMILES string of the molecule is CN(C)CCn1ncc(Cl)c1C1(O)CCN(C2CC2)C1. The molecule has 0 aromatic carbocycles. The average Bonchev–Trinajstić information content (AvgIpc) is 3.06. The highest BCUT2D eigenvalue weighted by molar-refractivity contribution is 6.31. The quantitative estimate of drug-likeness (QED) is 0.886. The summed E-state index contributed by atoms with van der Waals surface area (Å²) >= 11 is 6.30. The highest BCUT2D eigenvalue weighted by atomic mass is 35.5. The van der Waals surface area contributed by atoms with E-state index in [1.165, 1.54) is 12.8 Å². The Morgan fingerprint density at radius 1 is 1.50 bits per heavy atom. The lowest BCUT2D eigenvalue weighted by Crippen LogP contribution is -2.35. The number of rotatable bonds is 5. The van der Waals surface area contributed by atoms with Crippen LogP contribution in [-0.4, -0.2) is 64.5 Å². The van der Waals surface area contributed by atoms with Crippen LogP contribution in [0, 0.1) is 0 Å². The van der Waals surface area contributed by atoms with E-state index >= 15 is 0 Å². The second-order valence-corrected chi connectivity index (χ2v) is 6.76. The van der Waals surface area contributed by atoms with E-state index in [1.54, 1.807) is 6.20 Å². The predicted molar refractivity (Wildman–Crippen MR) is 78.9 cm³/mol. The third-order valence-electron chi connectivity index (χ3n) is 4.34. The molecule has 2 fully saturated rings. The molecule has 0 amide bonds. The van der Waals surface area contributed by atoms with Gasteiger partial charge in [0.25, 0.3) is 0 Å². The number of halogens is 1. The molecular formula is C14H23ClN4O. The normalized spacial score (nSPS) is 27.6. The molecule has 112 valence electrons. The highest BCUT2D eigenvalue weighted by Gasteiger charge is 2.45. The molecule has 1 aromatic rings. The molecule has 5 nitrogen and oxygen atoms in total. The van der Waals surface area contributed by atoms with Crippen molar-refractivity contribution < 1.29 is 5.11 Å². The van der Waals surface area contributed by atoms with Gasteiger partial charge in [-0.2, -0.15) is 5.10 Å². The summed E-state index contributed by atoms with van der Waals surface area (Å²) in [6.07, 6.45) is 4.94. The molecular weight excluding hydrogens is 276 g/mol. The summed E-state index contributed by atoms with van der Waals surface area (Å²) in [5.74, 6) is 0. The first kappa shape index (κ1) is 14.3. The van der Waals surface area contributed by atoms with Crippen molar-refractivity contribution >= 4 is 11.6 Å². The number of β-amino-alcohol motifs (C(OH)–C–C–N with tert-alkyl or cyclic N) is 1. The molecule has 0 bridgehead atoms. The second kappa shape index (κ2) is 5.30. The first-order chi connectivity index (χ1) is 9.49. The van der Waals surface area contributed by atoms with Crippen molar-refractivity contribution in [3.63, 3.8) is 0 Å². The number of aromatic nitrogens is 2. The lowest BCUT2D eigenvalue weighted by molar-refractivity contribution is 0.0358. The van der Waals surface area contributed by atoms with Gasteiger partial charge in [-0.05, 0) is 33.4 Å². The van der Waals surface area contributed by atoms with Crippen LogP contribution in [0.4, 0.5) is 0 Å². The molecule has 0 radical (unpaired) electrons. The van der Waals surface area contributed by atoms with Crippen LogP contribution in [-0.2, 0) is 12.1 Å². The molecule has 1 aliphatic carbocycles. The van der Waals surface area contributed by atoms with Crippen LogP contribution in [0.5, 0.6) is 0 Å². The Hall–Kier alpha value is -0.620. The molecule has 1 saturated heterocycles. The van der Waals surface area contributed by atoms with E-state index in [4.69, 9.17) is 11.6 Å². The summed E-state index contributed by atoms with van der Waals surface area (Å²) in [4.78, 5) is 4.49. The maximum Gasteiger partial charge on any atom is 0.121 e. The van der Waals surface area contributed by atoms with Crippen LogP contribution in [0.15, 0.2) is 6.20 Å². The average molecular weight is 299 g/mol. The van der Waals surface area contributed by atoms with E-state index in [0.717, 1.165) is 31.7 Å². The van der Waals surface area contributed by atoms with Crippen molar-refractivity contribution in [2.45, 2.75) is 37.5 Å². The maximum atomic E-state index is 11.0. The van der Waals surface area contributed by atoms with Crippen molar-refractivity contribution in [3.05, 3.63) is 16.9 Å². The topological polar surface area (TPSA) is 44.5 Å². The monoisotopic (exact) mass is 298 g/mol. The summed E-state index contributed by atoms with van der Waals surface area (Å²) in [6, 6.07) is 0.681. The Bertz CT molecular complexity index is 486. The fraction of sp³-hybridized carbons (Fsp3) is 0.786. The third kappa shape index (κ3) is 2.72. The van der Waals surface area contributed by atoms with Crippen molar-refractivity contribution in [1.82, 2.24) is 19.6 Å². The van der Waals surface area contributed by atoms with E-state index in [0.29, 0.717) is 17.6 Å². The van der Waals surface area contributed by atoms with Crippen molar-refractivity contribution in [2.24, 2.45) is 0 Å². The molecule has 1 atom stereocenters. The summed E-state index contributed by atoms with van der Waals surface area (Å²) in [6.45, 7) is 3.27. The van der Waals surface area contributed by atoms with E-state index in [9.17, 15) is 5.11 Å². The Balaban J connectivity index is 1.79. The molecule has 2 aliphatic rings. The Morgan fingerprint density at radius 3 is 2.90 bits per heavy atom. The Labute approximate surface area is 125 Å². The third-order valence-corrected chi connectivity index (χ3v) is 4.61. The number of likely N-dealkylation sites (N-methyl/N-ethyl adjacent to an activating group) is 1. The van der Waals surface area contributed by atoms with Gasteiger partial charge in [-0.1, -0.05) is 11.6 Å². The van der Waals surface area contributed by atoms with Crippen LogP contribution in [0.3, 0.4) is 0 Å². The van der Waals surface area contributed by atoms with Gasteiger partial charge in [-0.25, -0.2) is 0 Å². The summed E-state index contributed by atoms with van der Waals surface area (Å²) in [7, 11) is 4.06. The highest BCUT2D eigenvalue weighted by Crippen LogP contribution is 2.40. The molecule has 1 N–H and O–H groups in total. The fourth-order valence-corrected chi connectivity index (χ4v) is 3.37. The molecule has 1 unspecified atom stereocenters. The maximum absolute atomic E-state index is 11.0. The zero-order valence-corrected chi connectivity index (χ0v) is 13.0. The smallest absolute Gasteiger partial charge is 0.121 e. The van der Waals surface area contributed by atoms with Crippen molar-refractivity contribution in [2.75, 3.05) is 33.7 Å². The van der Waals surface area contributed by atoms with Gasteiger partial charge >= 0.3 is 0 Å². The second-order valence-electron chi connectivity index (χ2n) is 6.35. The summed E-state index contributed by atoms with van der Waals surface area (Å²) in [5.41, 5.74) is -0.0492. The van der Waals surface area contributed by atoms with E-state index in [-0.39, 0.29) is 0 Å². The van der Waals surface area contributed by atoms with E-state index in [1.807, 2.05) is 18.8 Å². The fourth-order valence-electron chi connectivity index (χ4n) is 3.06. The number of hydrogen-bond acceptors (Lipinski definition) is 4. The lowest BCUT2D eigenvalue weighted by atomic mass is 9.99. The first-order valence-corrected chi connectivity index (χ1v) is 7.70. The molecule has 0 spiro atoms. The van der Waals surface area contributed by atoms with Crippen LogP contribution >= 0.6 is 11.6 Å². The number of nitrogens with zero attached hydrogens (tertiary/aromatic N) is 4. The van der Waals surface area contributed by atoms with E-state index < -0.39 is 5.60 Å². The van der Waals surface area contributed by atoms with E-state index in [2.05, 4.69) is 14.9 Å². The molecule has 2 heterocycles. The largest absolute Gasteiger partial charge is 0.382 e. The Kier molecular flexibility index (Phi) is 3.79. The number of hydrogen-bond donors (Lipinski definition) is 1. The summed E-state index contributed by atoms with van der Waals surface area (Å²) < 4.78 is 1.87. The van der Waals surface area contributed by atoms with Gasteiger partial charge in [0.15, 0.2) is 0 Å². The standard InChI is InChI=1S/C14H23ClN4O/c1-17(2)7-8-19-13(12(15)9-16-19)14(20)5-6-18(10-14)11-3-4-11/h9,11,20H,3-8,10H2,1-2H3. The van der Waals surface area contributed by atoms with Gasteiger partial charge in [0.1, 0.15) is 5.60 Å². The minimum absolute atomic E-state index is 0.587. The van der Waals surface area contributed by atoms with Crippen LogP contribution < -0.4 is 0 Å². The van der Waals surface area contributed by atoms with Gasteiger partial charge < -0.3 is 10.0 Å². The molecule has 6 heteroatoms. The zero-order chi connectivity index (χ0) is 14.3. The molecule has 1 saturated carbocycles. The molecule has 1 aliphatic heterocycles. The van der Waals surface area contributed by atoms with Crippen molar-refractivity contribution in [3.8, 4) is 0 Å². The minimum atomic E-state index is -0.845. The molecule has 1 aromatic heterocycles. The van der Waals surface area contributed by atoms with Gasteiger partial charge in [-0.15, -0.1) is 0 Å².